The highest BCUT2D eigenvalue weighted by Gasteiger charge is 2.26. The van der Waals surface area contributed by atoms with Crippen LogP contribution in [0.2, 0.25) is 0 Å². The second-order valence-electron chi connectivity index (χ2n) is 5.86. The fourth-order valence-electron chi connectivity index (χ4n) is 2.76. The molecule has 1 aliphatic rings. The molecule has 1 aliphatic heterocycles. The molecule has 120 valence electrons. The minimum Gasteiger partial charge on any atom is -0.469 e. The molecule has 2 atom stereocenters. The molecule has 22 heavy (non-hydrogen) atoms. The summed E-state index contributed by atoms with van der Waals surface area (Å²) in [5.74, 6) is -0.358. The normalized spacial score (nSPS) is 17.2. The number of methoxy groups -OCH3 is 1. The van der Waals surface area contributed by atoms with Crippen molar-refractivity contribution in [2.24, 2.45) is 0 Å². The SMILES string of the molecule is COC(=O)C[C@H](C)NC(=O)[C@H](C)N1CCc2ccccc2C1. The Balaban J connectivity index is 1.90. The minimum atomic E-state index is -0.313. The van der Waals surface area contributed by atoms with Gasteiger partial charge < -0.3 is 10.1 Å². The molecule has 1 aromatic rings. The van der Waals surface area contributed by atoms with Crippen molar-refractivity contribution in [3.05, 3.63) is 35.4 Å². The van der Waals surface area contributed by atoms with Gasteiger partial charge in [-0.3, -0.25) is 14.5 Å². The number of hydrogen-bond acceptors (Lipinski definition) is 4. The molecule has 0 bridgehead atoms. The molecular formula is C17H24N2O3. The van der Waals surface area contributed by atoms with Crippen LogP contribution in [0.15, 0.2) is 24.3 Å². The van der Waals surface area contributed by atoms with E-state index in [0.717, 1.165) is 19.5 Å². The van der Waals surface area contributed by atoms with Crippen LogP contribution in [0.4, 0.5) is 0 Å². The Kier molecular flexibility index (Phi) is 5.55. The standard InChI is InChI=1S/C17H24N2O3/c1-12(10-16(20)22-3)18-17(21)13(2)19-9-8-14-6-4-5-7-15(14)11-19/h4-7,12-13H,8-11H2,1-3H3,(H,18,21)/t12-,13-/m0/s1. The van der Waals surface area contributed by atoms with Crippen molar-refractivity contribution in [2.75, 3.05) is 13.7 Å². The van der Waals surface area contributed by atoms with Crippen LogP contribution in [0.5, 0.6) is 0 Å². The van der Waals surface area contributed by atoms with Gasteiger partial charge >= 0.3 is 5.97 Å². The van der Waals surface area contributed by atoms with Gasteiger partial charge in [-0.25, -0.2) is 0 Å². The van der Waals surface area contributed by atoms with Gasteiger partial charge in [0, 0.05) is 19.1 Å². The third-order valence-corrected chi connectivity index (χ3v) is 4.18. The summed E-state index contributed by atoms with van der Waals surface area (Å²) in [7, 11) is 1.35. The number of rotatable bonds is 5. The number of hydrogen-bond donors (Lipinski definition) is 1. The van der Waals surface area contributed by atoms with Crippen LogP contribution in [0.25, 0.3) is 0 Å². The number of carbonyl (C=O) groups excluding carboxylic acids is 2. The van der Waals surface area contributed by atoms with Gasteiger partial charge in [-0.15, -0.1) is 0 Å². The quantitative estimate of drug-likeness (QED) is 0.838. The Hall–Kier alpha value is -1.88. The van der Waals surface area contributed by atoms with Crippen LogP contribution in [0, 0.1) is 0 Å². The summed E-state index contributed by atoms with van der Waals surface area (Å²) in [4.78, 5) is 25.7. The lowest BCUT2D eigenvalue weighted by Crippen LogP contribution is -2.49. The molecule has 1 heterocycles. The molecule has 2 rings (SSSR count). The van der Waals surface area contributed by atoms with Gasteiger partial charge in [0.25, 0.3) is 0 Å². The Morgan fingerprint density at radius 2 is 1.95 bits per heavy atom. The lowest BCUT2D eigenvalue weighted by atomic mass is 9.98. The van der Waals surface area contributed by atoms with Crippen LogP contribution in [0.1, 0.15) is 31.4 Å². The zero-order chi connectivity index (χ0) is 16.1. The fraction of sp³-hybridized carbons (Fsp3) is 0.529. The summed E-state index contributed by atoms with van der Waals surface area (Å²) >= 11 is 0. The Morgan fingerprint density at radius 1 is 1.27 bits per heavy atom. The maximum absolute atomic E-state index is 12.3. The van der Waals surface area contributed by atoms with Gasteiger partial charge in [-0.2, -0.15) is 0 Å². The number of nitrogens with one attached hydrogen (secondary N) is 1. The van der Waals surface area contributed by atoms with Crippen molar-refractivity contribution in [3.63, 3.8) is 0 Å². The van der Waals surface area contributed by atoms with E-state index in [1.165, 1.54) is 18.2 Å². The molecule has 0 unspecified atom stereocenters. The highest BCUT2D eigenvalue weighted by Crippen LogP contribution is 2.20. The monoisotopic (exact) mass is 304 g/mol. The van der Waals surface area contributed by atoms with E-state index in [4.69, 9.17) is 0 Å². The molecule has 0 spiro atoms. The summed E-state index contributed by atoms with van der Waals surface area (Å²) in [6.07, 6.45) is 1.16. The summed E-state index contributed by atoms with van der Waals surface area (Å²) in [6, 6.07) is 7.92. The number of benzene rings is 1. The number of esters is 1. The van der Waals surface area contributed by atoms with Crippen LogP contribution in [0.3, 0.4) is 0 Å². The van der Waals surface area contributed by atoms with Crippen molar-refractivity contribution in [1.29, 1.82) is 0 Å². The number of fused-ring (bicyclic) bond motifs is 1. The fourth-order valence-corrected chi connectivity index (χ4v) is 2.76. The third-order valence-electron chi connectivity index (χ3n) is 4.18. The molecule has 5 heteroatoms. The van der Waals surface area contributed by atoms with Crippen LogP contribution < -0.4 is 5.32 Å². The summed E-state index contributed by atoms with van der Waals surface area (Å²) in [5, 5.41) is 2.88. The lowest BCUT2D eigenvalue weighted by molar-refractivity contribution is -0.141. The summed E-state index contributed by atoms with van der Waals surface area (Å²) < 4.78 is 4.62. The predicted octanol–water partition coefficient (Wildman–Crippen LogP) is 1.50. The van der Waals surface area contributed by atoms with Gasteiger partial charge in [0.2, 0.25) is 5.91 Å². The van der Waals surface area contributed by atoms with E-state index in [2.05, 4.69) is 33.2 Å². The number of ether oxygens (including phenoxy) is 1. The largest absolute Gasteiger partial charge is 0.469 e. The molecule has 0 saturated carbocycles. The van der Waals surface area contributed by atoms with E-state index in [1.807, 2.05) is 19.9 Å². The molecule has 1 aromatic carbocycles. The molecule has 5 nitrogen and oxygen atoms in total. The molecule has 1 N–H and O–H groups in total. The van der Waals surface area contributed by atoms with E-state index >= 15 is 0 Å². The highest BCUT2D eigenvalue weighted by atomic mass is 16.5. The van der Waals surface area contributed by atoms with E-state index < -0.39 is 0 Å². The van der Waals surface area contributed by atoms with Gasteiger partial charge in [0.1, 0.15) is 0 Å². The minimum absolute atomic E-state index is 0.0456. The van der Waals surface area contributed by atoms with Gasteiger partial charge in [0.05, 0.1) is 19.6 Å². The number of nitrogens with zero attached hydrogens (tertiary/aromatic N) is 1. The second-order valence-corrected chi connectivity index (χ2v) is 5.86. The maximum Gasteiger partial charge on any atom is 0.307 e. The van der Waals surface area contributed by atoms with Gasteiger partial charge in [-0.05, 0) is 31.4 Å². The van der Waals surface area contributed by atoms with E-state index in [0.29, 0.717) is 0 Å². The van der Waals surface area contributed by atoms with Crippen molar-refractivity contribution >= 4 is 11.9 Å². The second kappa shape index (κ2) is 7.40. The topological polar surface area (TPSA) is 58.6 Å². The molecule has 0 saturated heterocycles. The molecule has 0 radical (unpaired) electrons. The first kappa shape index (κ1) is 16.5. The highest BCUT2D eigenvalue weighted by molar-refractivity contribution is 5.82. The predicted molar refractivity (Wildman–Crippen MR) is 84.3 cm³/mol. The smallest absolute Gasteiger partial charge is 0.307 e. The lowest BCUT2D eigenvalue weighted by Gasteiger charge is -2.33. The molecule has 0 aromatic heterocycles. The average molecular weight is 304 g/mol. The summed E-state index contributed by atoms with van der Waals surface area (Å²) in [6.45, 7) is 5.38. The molecule has 1 amide bonds. The third kappa shape index (κ3) is 4.07. The van der Waals surface area contributed by atoms with Gasteiger partial charge in [0.15, 0.2) is 0 Å². The van der Waals surface area contributed by atoms with Crippen molar-refractivity contribution in [3.8, 4) is 0 Å². The van der Waals surface area contributed by atoms with Crippen molar-refractivity contribution < 1.29 is 14.3 Å². The Morgan fingerprint density at radius 3 is 2.64 bits per heavy atom. The van der Waals surface area contributed by atoms with Crippen LogP contribution in [-0.2, 0) is 27.3 Å². The Bertz CT molecular complexity index is 544. The van der Waals surface area contributed by atoms with E-state index in [9.17, 15) is 9.59 Å². The molecule has 0 aliphatic carbocycles. The number of carbonyl (C=O) groups is 2. The van der Waals surface area contributed by atoms with Crippen LogP contribution in [-0.4, -0.2) is 42.5 Å². The van der Waals surface area contributed by atoms with E-state index in [1.54, 1.807) is 0 Å². The van der Waals surface area contributed by atoms with Gasteiger partial charge in [-0.1, -0.05) is 24.3 Å². The van der Waals surface area contributed by atoms with E-state index in [-0.39, 0.29) is 30.4 Å². The van der Waals surface area contributed by atoms with Crippen molar-refractivity contribution in [1.82, 2.24) is 10.2 Å². The zero-order valence-electron chi connectivity index (χ0n) is 13.5. The Labute approximate surface area is 131 Å². The first-order valence-electron chi connectivity index (χ1n) is 7.69. The first-order chi connectivity index (χ1) is 10.5. The first-order valence-corrected chi connectivity index (χ1v) is 7.69. The molecular weight excluding hydrogens is 280 g/mol. The van der Waals surface area contributed by atoms with Crippen LogP contribution >= 0.6 is 0 Å². The number of amides is 1. The zero-order valence-corrected chi connectivity index (χ0v) is 13.5. The van der Waals surface area contributed by atoms with Crippen molar-refractivity contribution in [2.45, 2.75) is 45.3 Å². The average Bonchev–Trinajstić information content (AvgIpc) is 2.53. The maximum atomic E-state index is 12.3. The molecule has 0 fully saturated rings. The summed E-state index contributed by atoms with van der Waals surface area (Å²) in [5.41, 5.74) is 2.65.